The van der Waals surface area contributed by atoms with Crippen molar-refractivity contribution in [1.29, 1.82) is 0 Å². The minimum absolute atomic E-state index is 0.111. The Balaban J connectivity index is 1.29. The van der Waals surface area contributed by atoms with Gasteiger partial charge >= 0.3 is 0 Å². The molecule has 2 amide bonds. The van der Waals surface area contributed by atoms with Gasteiger partial charge in [-0.3, -0.25) is 14.7 Å². The summed E-state index contributed by atoms with van der Waals surface area (Å²) in [5, 5.41) is 11.5. The van der Waals surface area contributed by atoms with Crippen LogP contribution in [0.15, 0.2) is 66.3 Å². The van der Waals surface area contributed by atoms with Crippen LogP contribution >= 0.6 is 0 Å². The van der Waals surface area contributed by atoms with Crippen molar-refractivity contribution < 1.29 is 19.1 Å². The highest BCUT2D eigenvalue weighted by Gasteiger charge is 2.22. The molecular formula is C28H30N4O4. The number of carbonyl (C=O) groups is 2. The summed E-state index contributed by atoms with van der Waals surface area (Å²) >= 11 is 0. The van der Waals surface area contributed by atoms with Crippen LogP contribution in [0.2, 0.25) is 0 Å². The highest BCUT2D eigenvalue weighted by atomic mass is 16.5. The molecule has 0 radical (unpaired) electrons. The van der Waals surface area contributed by atoms with Gasteiger partial charge < -0.3 is 19.7 Å². The van der Waals surface area contributed by atoms with Crippen LogP contribution in [0.25, 0.3) is 22.2 Å². The van der Waals surface area contributed by atoms with Crippen LogP contribution < -0.4 is 10.1 Å². The molecular weight excluding hydrogens is 456 g/mol. The molecule has 1 fully saturated rings. The third kappa shape index (κ3) is 5.18. The number of fused-ring (bicyclic) bond motifs is 1. The van der Waals surface area contributed by atoms with E-state index in [4.69, 9.17) is 9.47 Å². The highest BCUT2D eigenvalue weighted by molar-refractivity contribution is 6.00. The first-order valence-electron chi connectivity index (χ1n) is 12.3. The van der Waals surface area contributed by atoms with Gasteiger partial charge in [0.2, 0.25) is 6.41 Å². The number of hydrogen-bond donors (Lipinski definition) is 2. The summed E-state index contributed by atoms with van der Waals surface area (Å²) in [6, 6.07) is 13.6. The number of piperidine rings is 1. The predicted octanol–water partition coefficient (Wildman–Crippen LogP) is 4.46. The van der Waals surface area contributed by atoms with E-state index in [1.807, 2.05) is 54.6 Å². The number of rotatable bonds is 8. The molecule has 1 unspecified atom stereocenters. The summed E-state index contributed by atoms with van der Waals surface area (Å²) < 4.78 is 11.6. The Morgan fingerprint density at radius 1 is 1.17 bits per heavy atom. The van der Waals surface area contributed by atoms with Gasteiger partial charge in [0.15, 0.2) is 6.10 Å². The second kappa shape index (κ2) is 10.8. The number of carbonyl (C=O) groups excluding carboxylic acids is 2. The van der Waals surface area contributed by atoms with Gasteiger partial charge in [0.25, 0.3) is 5.91 Å². The fourth-order valence-electron chi connectivity index (χ4n) is 4.73. The van der Waals surface area contributed by atoms with Crippen molar-refractivity contribution >= 4 is 28.9 Å². The van der Waals surface area contributed by atoms with Crippen molar-refractivity contribution in [2.45, 2.75) is 37.9 Å². The minimum atomic E-state index is -0.653. The van der Waals surface area contributed by atoms with Gasteiger partial charge in [0.05, 0.1) is 11.2 Å². The van der Waals surface area contributed by atoms with Gasteiger partial charge in [0, 0.05) is 49.7 Å². The lowest BCUT2D eigenvalue weighted by molar-refractivity contribution is -0.123. The smallest absolute Gasteiger partial charge is 0.258 e. The molecule has 8 nitrogen and oxygen atoms in total. The molecule has 0 spiro atoms. The Morgan fingerprint density at radius 3 is 2.67 bits per heavy atom. The maximum absolute atomic E-state index is 12.9. The van der Waals surface area contributed by atoms with Crippen LogP contribution in [0, 0.1) is 0 Å². The Labute approximate surface area is 210 Å². The number of anilines is 1. The molecule has 1 aliphatic carbocycles. The minimum Gasteiger partial charge on any atom is -0.490 e. The van der Waals surface area contributed by atoms with Crippen molar-refractivity contribution in [2.24, 2.45) is 0 Å². The van der Waals surface area contributed by atoms with Gasteiger partial charge in [-0.05, 0) is 60.9 Å². The molecule has 2 aliphatic rings. The van der Waals surface area contributed by atoms with E-state index in [1.165, 1.54) is 0 Å². The molecule has 0 bridgehead atoms. The third-order valence-electron chi connectivity index (χ3n) is 6.69. The Hall–Kier alpha value is -3.91. The fourth-order valence-corrected chi connectivity index (χ4v) is 4.73. The molecule has 0 saturated carbocycles. The molecule has 5 rings (SSSR count). The second-order valence-corrected chi connectivity index (χ2v) is 9.10. The Kier molecular flexibility index (Phi) is 7.13. The molecule has 1 aliphatic heterocycles. The molecule has 1 saturated heterocycles. The van der Waals surface area contributed by atoms with Gasteiger partial charge in [-0.1, -0.05) is 18.2 Å². The summed E-state index contributed by atoms with van der Waals surface area (Å²) in [5.41, 5.74) is 4.18. The van der Waals surface area contributed by atoms with Crippen LogP contribution in [-0.2, 0) is 14.3 Å². The van der Waals surface area contributed by atoms with Crippen LogP contribution in [-0.4, -0.2) is 59.8 Å². The number of ether oxygens (including phenoxy) is 2. The third-order valence-corrected chi connectivity index (χ3v) is 6.69. The summed E-state index contributed by atoms with van der Waals surface area (Å²) in [6.07, 6.45) is 9.97. The van der Waals surface area contributed by atoms with E-state index in [9.17, 15) is 9.59 Å². The van der Waals surface area contributed by atoms with E-state index < -0.39 is 6.10 Å². The first-order chi connectivity index (χ1) is 17.6. The normalized spacial score (nSPS) is 17.0. The summed E-state index contributed by atoms with van der Waals surface area (Å²) in [7, 11) is 1.55. The number of allylic oxidation sites excluding steroid dienone is 2. The zero-order valence-corrected chi connectivity index (χ0v) is 20.3. The number of methoxy groups -OCH3 is 1. The number of hydrogen-bond acceptors (Lipinski definition) is 5. The highest BCUT2D eigenvalue weighted by Crippen LogP contribution is 2.30. The molecule has 36 heavy (non-hydrogen) atoms. The van der Waals surface area contributed by atoms with E-state index in [0.717, 1.165) is 78.7 Å². The summed E-state index contributed by atoms with van der Waals surface area (Å²) in [6.45, 7) is 1.45. The van der Waals surface area contributed by atoms with Crippen molar-refractivity contribution in [1.82, 2.24) is 15.1 Å². The molecule has 1 atom stereocenters. The number of likely N-dealkylation sites (tertiary alicyclic amines) is 1. The van der Waals surface area contributed by atoms with Crippen LogP contribution in [0.5, 0.6) is 5.75 Å². The first kappa shape index (κ1) is 23.8. The molecule has 8 heteroatoms. The van der Waals surface area contributed by atoms with Crippen molar-refractivity contribution in [3.8, 4) is 17.0 Å². The standard InChI is InChI=1S/C28H30N4O4/c1-35-27(20-5-3-2-4-6-20)28(34)29-21-9-12-25-24(17-21)26(31-30-25)19-7-10-22(11-8-19)36-23-13-15-32(18-33)16-14-23/h3,5-12,17-18,23,27H,2,4,13-16H2,1H3,(H,29,34)(H,30,31). The summed E-state index contributed by atoms with van der Waals surface area (Å²) in [5.74, 6) is 0.591. The lowest BCUT2D eigenvalue weighted by Crippen LogP contribution is -2.37. The number of aromatic nitrogens is 2. The first-order valence-corrected chi connectivity index (χ1v) is 12.3. The van der Waals surface area contributed by atoms with Gasteiger partial charge in [0.1, 0.15) is 11.9 Å². The molecule has 186 valence electrons. The van der Waals surface area contributed by atoms with E-state index in [1.54, 1.807) is 12.0 Å². The average molecular weight is 487 g/mol. The zero-order valence-electron chi connectivity index (χ0n) is 20.3. The van der Waals surface area contributed by atoms with Crippen LogP contribution in [0.4, 0.5) is 5.69 Å². The maximum atomic E-state index is 12.9. The molecule has 2 heterocycles. The molecule has 1 aromatic heterocycles. The van der Waals surface area contributed by atoms with Crippen LogP contribution in [0.3, 0.4) is 0 Å². The lowest BCUT2D eigenvalue weighted by Gasteiger charge is -2.29. The number of nitrogens with one attached hydrogen (secondary N) is 2. The lowest BCUT2D eigenvalue weighted by atomic mass is 10.0. The molecule has 3 aromatic rings. The van der Waals surface area contributed by atoms with Crippen LogP contribution in [0.1, 0.15) is 25.7 Å². The number of amides is 2. The van der Waals surface area contributed by atoms with Crippen molar-refractivity contribution in [3.63, 3.8) is 0 Å². The quantitative estimate of drug-likeness (QED) is 0.458. The number of H-pyrrole nitrogens is 1. The monoisotopic (exact) mass is 486 g/mol. The van der Waals surface area contributed by atoms with Gasteiger partial charge in [-0.25, -0.2) is 0 Å². The predicted molar refractivity (Wildman–Crippen MR) is 139 cm³/mol. The van der Waals surface area contributed by atoms with Gasteiger partial charge in [-0.2, -0.15) is 5.10 Å². The fraction of sp³-hybridized carbons (Fsp3) is 0.321. The zero-order chi connectivity index (χ0) is 24.9. The average Bonchev–Trinajstić information content (AvgIpc) is 3.34. The van der Waals surface area contributed by atoms with E-state index in [0.29, 0.717) is 5.69 Å². The Bertz CT molecular complexity index is 1290. The van der Waals surface area contributed by atoms with Crippen molar-refractivity contribution in [3.05, 3.63) is 66.3 Å². The van der Waals surface area contributed by atoms with E-state index >= 15 is 0 Å². The maximum Gasteiger partial charge on any atom is 0.258 e. The largest absolute Gasteiger partial charge is 0.490 e. The van der Waals surface area contributed by atoms with Gasteiger partial charge in [-0.15, -0.1) is 0 Å². The number of benzene rings is 2. The molecule has 2 N–H and O–H groups in total. The second-order valence-electron chi connectivity index (χ2n) is 9.10. The number of nitrogens with zero attached hydrogens (tertiary/aromatic N) is 2. The van der Waals surface area contributed by atoms with E-state index in [2.05, 4.69) is 21.6 Å². The topological polar surface area (TPSA) is 96.5 Å². The van der Waals surface area contributed by atoms with E-state index in [-0.39, 0.29) is 12.0 Å². The molecule has 2 aromatic carbocycles. The summed E-state index contributed by atoms with van der Waals surface area (Å²) in [4.78, 5) is 25.6. The SMILES string of the molecule is COC(C(=O)Nc1ccc2[nH]nc(-c3ccc(OC4CCN(C=O)CC4)cc3)c2c1)C1=CCCC=C1. The number of aromatic amines is 1. The Morgan fingerprint density at radius 2 is 1.97 bits per heavy atom. The van der Waals surface area contributed by atoms with Crippen molar-refractivity contribution in [2.75, 3.05) is 25.5 Å².